The van der Waals surface area contributed by atoms with E-state index in [0.717, 1.165) is 31.6 Å². The molecule has 0 fully saturated rings. The topological polar surface area (TPSA) is 21.3 Å². The van der Waals surface area contributed by atoms with E-state index in [1.165, 1.54) is 11.1 Å². The van der Waals surface area contributed by atoms with Gasteiger partial charge < -0.3 is 10.1 Å². The lowest BCUT2D eigenvalue weighted by atomic mass is 9.99. The maximum Gasteiger partial charge on any atom is 0.127 e. The Morgan fingerprint density at radius 1 is 1.47 bits per heavy atom. The Morgan fingerprint density at radius 3 is 3.07 bits per heavy atom. The average Bonchev–Trinajstić information content (AvgIpc) is 2.50. The number of hydrogen-bond acceptors (Lipinski definition) is 2. The molecule has 1 aromatic rings. The first-order chi connectivity index (χ1) is 7.36. The van der Waals surface area contributed by atoms with Crippen LogP contribution in [0.2, 0.25) is 0 Å². The highest BCUT2D eigenvalue weighted by atomic mass is 16.5. The number of para-hydroxylation sites is 1. The Morgan fingerprint density at radius 2 is 2.33 bits per heavy atom. The molecular weight excluding hydrogens is 186 g/mol. The molecule has 1 aromatic carbocycles. The van der Waals surface area contributed by atoms with Crippen LogP contribution in [0.1, 0.15) is 36.9 Å². The summed E-state index contributed by atoms with van der Waals surface area (Å²) in [5, 5.41) is 3.37. The molecule has 2 nitrogen and oxygen atoms in total. The molecular formula is C13H19NO. The van der Waals surface area contributed by atoms with Gasteiger partial charge in [-0.1, -0.05) is 25.1 Å². The van der Waals surface area contributed by atoms with Crippen molar-refractivity contribution in [2.75, 3.05) is 13.7 Å². The third-order valence-corrected chi connectivity index (χ3v) is 3.12. The van der Waals surface area contributed by atoms with Crippen LogP contribution >= 0.6 is 0 Å². The van der Waals surface area contributed by atoms with Gasteiger partial charge in [0.05, 0.1) is 6.61 Å². The van der Waals surface area contributed by atoms with Crippen molar-refractivity contribution < 1.29 is 4.74 Å². The van der Waals surface area contributed by atoms with Gasteiger partial charge in [-0.05, 0) is 31.9 Å². The highest BCUT2D eigenvalue weighted by Crippen LogP contribution is 2.34. The van der Waals surface area contributed by atoms with E-state index in [-0.39, 0.29) is 0 Å². The van der Waals surface area contributed by atoms with Crippen molar-refractivity contribution in [2.45, 2.75) is 32.2 Å². The van der Waals surface area contributed by atoms with Crippen LogP contribution in [0.25, 0.3) is 0 Å². The molecule has 0 saturated heterocycles. The van der Waals surface area contributed by atoms with Crippen molar-refractivity contribution in [2.24, 2.45) is 0 Å². The molecule has 0 saturated carbocycles. The van der Waals surface area contributed by atoms with Gasteiger partial charge in [0.25, 0.3) is 0 Å². The molecule has 1 aliphatic rings. The molecule has 1 unspecified atom stereocenters. The molecule has 0 radical (unpaired) electrons. The minimum Gasteiger partial charge on any atom is -0.493 e. The highest BCUT2D eigenvalue weighted by molar-refractivity contribution is 5.44. The van der Waals surface area contributed by atoms with Crippen LogP contribution in [0.15, 0.2) is 18.2 Å². The van der Waals surface area contributed by atoms with Crippen LogP contribution in [-0.4, -0.2) is 13.7 Å². The zero-order chi connectivity index (χ0) is 10.7. The van der Waals surface area contributed by atoms with E-state index < -0.39 is 0 Å². The molecule has 15 heavy (non-hydrogen) atoms. The summed E-state index contributed by atoms with van der Waals surface area (Å²) in [6.07, 6.45) is 3.33. The maximum absolute atomic E-state index is 5.86. The molecule has 1 atom stereocenters. The molecule has 82 valence electrons. The van der Waals surface area contributed by atoms with Crippen LogP contribution in [-0.2, 0) is 6.42 Å². The van der Waals surface area contributed by atoms with Gasteiger partial charge in [0.2, 0.25) is 0 Å². The predicted molar refractivity (Wildman–Crippen MR) is 62.3 cm³/mol. The molecule has 0 aliphatic carbocycles. The molecule has 1 aliphatic heterocycles. The molecule has 1 N–H and O–H groups in total. The van der Waals surface area contributed by atoms with Crippen molar-refractivity contribution in [1.82, 2.24) is 5.32 Å². The molecule has 1 heterocycles. The number of nitrogens with one attached hydrogen (secondary N) is 1. The van der Waals surface area contributed by atoms with Crippen molar-refractivity contribution in [3.63, 3.8) is 0 Å². The van der Waals surface area contributed by atoms with Crippen LogP contribution in [0.4, 0.5) is 0 Å². The molecule has 0 spiro atoms. The number of rotatable bonds is 2. The fourth-order valence-corrected chi connectivity index (χ4v) is 2.25. The summed E-state index contributed by atoms with van der Waals surface area (Å²) in [6.45, 7) is 3.03. The Labute approximate surface area is 91.6 Å². The van der Waals surface area contributed by atoms with Gasteiger partial charge in [-0.2, -0.15) is 0 Å². The standard InChI is InChI=1S/C13H19NO/c1-3-10-6-4-7-11-12(14-2)8-5-9-15-13(10)11/h4,6-7,12,14H,3,5,8-9H2,1-2H3. The van der Waals surface area contributed by atoms with Crippen LogP contribution in [0.5, 0.6) is 5.75 Å². The van der Waals surface area contributed by atoms with Crippen molar-refractivity contribution >= 4 is 0 Å². The van der Waals surface area contributed by atoms with Crippen molar-refractivity contribution in [3.05, 3.63) is 29.3 Å². The quantitative estimate of drug-likeness (QED) is 0.801. The van der Waals surface area contributed by atoms with Gasteiger partial charge in [0.1, 0.15) is 5.75 Å². The molecule has 0 aromatic heterocycles. The normalized spacial score (nSPS) is 20.3. The summed E-state index contributed by atoms with van der Waals surface area (Å²) >= 11 is 0. The monoisotopic (exact) mass is 205 g/mol. The third-order valence-electron chi connectivity index (χ3n) is 3.12. The number of fused-ring (bicyclic) bond motifs is 1. The minimum atomic E-state index is 0.453. The zero-order valence-corrected chi connectivity index (χ0v) is 9.55. The lowest BCUT2D eigenvalue weighted by Gasteiger charge is -2.17. The van der Waals surface area contributed by atoms with E-state index in [0.29, 0.717) is 6.04 Å². The summed E-state index contributed by atoms with van der Waals surface area (Å²) in [7, 11) is 2.03. The lowest BCUT2D eigenvalue weighted by molar-refractivity contribution is 0.312. The first kappa shape index (κ1) is 10.5. The first-order valence-electron chi connectivity index (χ1n) is 5.78. The summed E-state index contributed by atoms with van der Waals surface area (Å²) in [6, 6.07) is 6.93. The van der Waals surface area contributed by atoms with Crippen molar-refractivity contribution in [3.8, 4) is 5.75 Å². The summed E-state index contributed by atoms with van der Waals surface area (Å²) in [5.74, 6) is 1.12. The SMILES string of the molecule is CCc1cccc2c1OCCCC2NC. The largest absolute Gasteiger partial charge is 0.493 e. The van der Waals surface area contributed by atoms with E-state index in [4.69, 9.17) is 4.74 Å². The molecule has 0 bridgehead atoms. The van der Waals surface area contributed by atoms with Crippen LogP contribution in [0.3, 0.4) is 0 Å². The van der Waals surface area contributed by atoms with E-state index >= 15 is 0 Å². The fraction of sp³-hybridized carbons (Fsp3) is 0.538. The Kier molecular flexibility index (Phi) is 3.27. The lowest BCUT2D eigenvalue weighted by Crippen LogP contribution is -2.15. The molecule has 0 amide bonds. The second-order valence-electron chi connectivity index (χ2n) is 4.02. The fourth-order valence-electron chi connectivity index (χ4n) is 2.25. The summed E-state index contributed by atoms with van der Waals surface area (Å²) in [5.41, 5.74) is 2.66. The predicted octanol–water partition coefficient (Wildman–Crippen LogP) is 2.68. The van der Waals surface area contributed by atoms with E-state index in [9.17, 15) is 0 Å². The van der Waals surface area contributed by atoms with Crippen molar-refractivity contribution in [1.29, 1.82) is 0 Å². The van der Waals surface area contributed by atoms with Gasteiger partial charge in [0.15, 0.2) is 0 Å². The first-order valence-corrected chi connectivity index (χ1v) is 5.78. The molecule has 2 heteroatoms. The van der Waals surface area contributed by atoms with Gasteiger partial charge in [-0.15, -0.1) is 0 Å². The van der Waals surface area contributed by atoms with E-state index in [2.05, 4.69) is 30.4 Å². The summed E-state index contributed by atoms with van der Waals surface area (Å²) < 4.78 is 5.86. The van der Waals surface area contributed by atoms with Crippen LogP contribution in [0, 0.1) is 0 Å². The highest BCUT2D eigenvalue weighted by Gasteiger charge is 2.19. The molecule has 2 rings (SSSR count). The van der Waals surface area contributed by atoms with Gasteiger partial charge in [-0.25, -0.2) is 0 Å². The zero-order valence-electron chi connectivity index (χ0n) is 9.55. The van der Waals surface area contributed by atoms with Gasteiger partial charge in [0, 0.05) is 11.6 Å². The number of hydrogen-bond donors (Lipinski definition) is 1. The average molecular weight is 205 g/mol. The second-order valence-corrected chi connectivity index (χ2v) is 4.02. The third kappa shape index (κ3) is 2.00. The van der Waals surface area contributed by atoms with E-state index in [1.54, 1.807) is 0 Å². The smallest absolute Gasteiger partial charge is 0.127 e. The Bertz CT molecular complexity index is 335. The number of ether oxygens (including phenoxy) is 1. The van der Waals surface area contributed by atoms with Gasteiger partial charge >= 0.3 is 0 Å². The van der Waals surface area contributed by atoms with Crippen LogP contribution < -0.4 is 10.1 Å². The second kappa shape index (κ2) is 4.67. The minimum absolute atomic E-state index is 0.453. The summed E-state index contributed by atoms with van der Waals surface area (Å²) in [4.78, 5) is 0. The number of benzene rings is 1. The number of aryl methyl sites for hydroxylation is 1. The maximum atomic E-state index is 5.86. The Balaban J connectivity index is 2.44. The van der Waals surface area contributed by atoms with Gasteiger partial charge in [-0.3, -0.25) is 0 Å². The van der Waals surface area contributed by atoms with E-state index in [1.807, 2.05) is 7.05 Å². The Hall–Kier alpha value is -1.02.